The van der Waals surface area contributed by atoms with E-state index in [0.29, 0.717) is 30.5 Å². The normalized spacial score (nSPS) is 12.7. The van der Waals surface area contributed by atoms with Crippen LogP contribution in [-0.2, 0) is 16.0 Å². The molecule has 0 aliphatic carbocycles. The molecule has 3 rings (SSSR count). The number of amides is 1. The van der Waals surface area contributed by atoms with Crippen molar-refractivity contribution in [2.75, 3.05) is 32.3 Å². The number of alkyl halides is 2. The molecule has 0 saturated carbocycles. The number of hydrogen-bond acceptors (Lipinski definition) is 8. The van der Waals surface area contributed by atoms with Crippen LogP contribution in [0.2, 0.25) is 0 Å². The first-order valence-electron chi connectivity index (χ1n) is 9.70. The smallest absolute Gasteiger partial charge is 0.387 e. The number of rotatable bonds is 8. The molecule has 12 heteroatoms. The molecule has 1 aliphatic rings. The van der Waals surface area contributed by atoms with Gasteiger partial charge in [-0.05, 0) is 36.6 Å². The Morgan fingerprint density at radius 1 is 1.15 bits per heavy atom. The third-order valence-corrected chi connectivity index (χ3v) is 4.95. The molecule has 0 spiro atoms. The van der Waals surface area contributed by atoms with Gasteiger partial charge in [0.25, 0.3) is 11.6 Å². The number of methoxy groups -OCH3 is 2. The second kappa shape index (κ2) is 10.1. The summed E-state index contributed by atoms with van der Waals surface area (Å²) < 4.78 is 44.4. The maximum absolute atomic E-state index is 12.7. The van der Waals surface area contributed by atoms with Crippen molar-refractivity contribution < 1.29 is 42.2 Å². The van der Waals surface area contributed by atoms with E-state index in [0.717, 1.165) is 25.2 Å². The van der Waals surface area contributed by atoms with Gasteiger partial charge in [-0.1, -0.05) is 0 Å². The van der Waals surface area contributed by atoms with Crippen molar-refractivity contribution in [1.29, 1.82) is 0 Å². The van der Waals surface area contributed by atoms with Gasteiger partial charge in [0.2, 0.25) is 0 Å². The maximum atomic E-state index is 12.7. The van der Waals surface area contributed by atoms with E-state index in [1.807, 2.05) is 6.07 Å². The summed E-state index contributed by atoms with van der Waals surface area (Å²) in [7, 11) is 2.65. The summed E-state index contributed by atoms with van der Waals surface area (Å²) in [6.45, 7) is -3.54. The van der Waals surface area contributed by atoms with Crippen molar-refractivity contribution in [2.24, 2.45) is 0 Å². The van der Waals surface area contributed by atoms with Crippen LogP contribution in [0, 0.1) is 10.1 Å². The molecule has 10 nitrogen and oxygen atoms in total. The van der Waals surface area contributed by atoms with Crippen LogP contribution in [0.3, 0.4) is 0 Å². The molecule has 0 bridgehead atoms. The van der Waals surface area contributed by atoms with Crippen LogP contribution in [0.1, 0.15) is 22.3 Å². The highest BCUT2D eigenvalue weighted by Gasteiger charge is 2.29. The lowest BCUT2D eigenvalue weighted by Crippen LogP contribution is -2.38. The van der Waals surface area contributed by atoms with E-state index in [4.69, 9.17) is 14.2 Å². The first-order chi connectivity index (χ1) is 15.7. The Bertz CT molecular complexity index is 1080. The lowest BCUT2D eigenvalue weighted by Gasteiger charge is -2.29. The number of anilines is 1. The van der Waals surface area contributed by atoms with E-state index in [9.17, 15) is 28.5 Å². The van der Waals surface area contributed by atoms with Gasteiger partial charge in [0.05, 0.1) is 25.2 Å². The summed E-state index contributed by atoms with van der Waals surface area (Å²) in [6.07, 6.45) is 1.43. The Hall–Kier alpha value is -3.96. The number of nitro groups is 1. The Morgan fingerprint density at radius 2 is 1.91 bits per heavy atom. The highest BCUT2D eigenvalue weighted by molar-refractivity contribution is 5.99. The Morgan fingerprint density at radius 3 is 2.55 bits per heavy atom. The summed E-state index contributed by atoms with van der Waals surface area (Å²) in [4.78, 5) is 37.1. The molecule has 0 radical (unpaired) electrons. The first-order valence-corrected chi connectivity index (χ1v) is 9.70. The predicted molar refractivity (Wildman–Crippen MR) is 110 cm³/mol. The second-order valence-corrected chi connectivity index (χ2v) is 6.88. The highest BCUT2D eigenvalue weighted by atomic mass is 19.3. The number of hydrogen-bond donors (Lipinski definition) is 0. The predicted octanol–water partition coefficient (Wildman–Crippen LogP) is 3.35. The van der Waals surface area contributed by atoms with Crippen LogP contribution >= 0.6 is 0 Å². The highest BCUT2D eigenvalue weighted by Crippen LogP contribution is 2.36. The summed E-state index contributed by atoms with van der Waals surface area (Å²) in [5, 5.41) is 11.4. The van der Waals surface area contributed by atoms with Gasteiger partial charge in [0, 0.05) is 18.3 Å². The lowest BCUT2D eigenvalue weighted by molar-refractivity contribution is -0.385. The van der Waals surface area contributed by atoms with E-state index in [-0.39, 0.29) is 5.75 Å². The third kappa shape index (κ3) is 5.27. The fourth-order valence-electron chi connectivity index (χ4n) is 3.45. The van der Waals surface area contributed by atoms with Gasteiger partial charge in [-0.2, -0.15) is 8.78 Å². The number of fused-ring (bicyclic) bond motifs is 1. The largest absolute Gasteiger partial charge is 0.497 e. The molecule has 2 aromatic rings. The monoisotopic (exact) mass is 466 g/mol. The number of carbonyl (C=O) groups excluding carboxylic acids is 2. The van der Waals surface area contributed by atoms with Gasteiger partial charge in [-0.25, -0.2) is 4.79 Å². The summed E-state index contributed by atoms with van der Waals surface area (Å²) in [6, 6.07) is 6.74. The molecular weight excluding hydrogens is 446 g/mol. The molecular formula is C21H20F2N2O8. The zero-order valence-corrected chi connectivity index (χ0v) is 17.7. The Labute approximate surface area is 186 Å². The van der Waals surface area contributed by atoms with E-state index in [1.54, 1.807) is 12.1 Å². The summed E-state index contributed by atoms with van der Waals surface area (Å²) in [5.41, 5.74) is 0.147. The molecule has 0 N–H and O–H groups in total. The molecule has 176 valence electrons. The van der Waals surface area contributed by atoms with Gasteiger partial charge in [0.1, 0.15) is 11.3 Å². The molecule has 0 aromatic heterocycles. The molecule has 0 atom stereocenters. The van der Waals surface area contributed by atoms with Crippen molar-refractivity contribution in [3.05, 3.63) is 51.6 Å². The minimum Gasteiger partial charge on any atom is -0.497 e. The number of benzene rings is 2. The minimum absolute atomic E-state index is 0.335. The van der Waals surface area contributed by atoms with Crippen molar-refractivity contribution in [3.8, 4) is 17.2 Å². The number of nitrogens with zero attached hydrogens (tertiary/aromatic N) is 2. The molecule has 1 heterocycles. The van der Waals surface area contributed by atoms with E-state index >= 15 is 0 Å². The number of ether oxygens (including phenoxy) is 4. The number of aryl methyl sites for hydroxylation is 1. The SMILES string of the molecule is COc1ccc2c(c1)CCCN2C(=O)COC(=O)c1cc(OC)c(OC(F)F)cc1[N+](=O)[O-]. The Kier molecular flexibility index (Phi) is 7.26. The van der Waals surface area contributed by atoms with Crippen LogP contribution < -0.4 is 19.1 Å². The number of halogens is 2. The molecule has 33 heavy (non-hydrogen) atoms. The van der Waals surface area contributed by atoms with Crippen LogP contribution in [0.4, 0.5) is 20.2 Å². The van der Waals surface area contributed by atoms with Crippen LogP contribution in [0.25, 0.3) is 0 Å². The molecule has 0 unspecified atom stereocenters. The summed E-state index contributed by atoms with van der Waals surface area (Å²) >= 11 is 0. The zero-order chi connectivity index (χ0) is 24.1. The van der Waals surface area contributed by atoms with Crippen LogP contribution in [0.15, 0.2) is 30.3 Å². The van der Waals surface area contributed by atoms with Crippen LogP contribution in [0.5, 0.6) is 17.2 Å². The number of esters is 1. The van der Waals surface area contributed by atoms with Crippen molar-refractivity contribution in [2.45, 2.75) is 19.5 Å². The van der Waals surface area contributed by atoms with E-state index in [2.05, 4.69) is 4.74 Å². The van der Waals surface area contributed by atoms with Crippen molar-refractivity contribution in [3.63, 3.8) is 0 Å². The fourth-order valence-corrected chi connectivity index (χ4v) is 3.45. The van der Waals surface area contributed by atoms with Gasteiger partial charge in [-0.3, -0.25) is 14.9 Å². The van der Waals surface area contributed by atoms with E-state index < -0.39 is 47.0 Å². The Balaban J connectivity index is 1.78. The van der Waals surface area contributed by atoms with Gasteiger partial charge in [-0.15, -0.1) is 0 Å². The zero-order valence-electron chi connectivity index (χ0n) is 17.7. The fraction of sp³-hybridized carbons (Fsp3) is 0.333. The number of nitro benzene ring substituents is 1. The number of carbonyl (C=O) groups is 2. The quantitative estimate of drug-likeness (QED) is 0.330. The molecule has 1 aliphatic heterocycles. The molecule has 0 fully saturated rings. The molecule has 1 amide bonds. The topological polar surface area (TPSA) is 117 Å². The summed E-state index contributed by atoms with van der Waals surface area (Å²) in [5.74, 6) is -2.02. The van der Waals surface area contributed by atoms with Gasteiger partial charge < -0.3 is 23.8 Å². The molecule has 2 aromatic carbocycles. The van der Waals surface area contributed by atoms with Gasteiger partial charge >= 0.3 is 12.6 Å². The lowest BCUT2D eigenvalue weighted by atomic mass is 10.0. The molecule has 0 saturated heterocycles. The minimum atomic E-state index is -3.26. The van der Waals surface area contributed by atoms with Crippen molar-refractivity contribution >= 4 is 23.3 Å². The standard InChI is InChI=1S/C21H20F2N2O8/c1-30-13-5-6-15-12(8-13)4-3-7-24(15)19(26)11-32-20(27)14-9-17(31-2)18(33-21(22)23)10-16(14)25(28)29/h5-6,8-10,21H,3-4,7,11H2,1-2H3. The maximum Gasteiger partial charge on any atom is 0.387 e. The average Bonchev–Trinajstić information content (AvgIpc) is 2.80. The second-order valence-electron chi connectivity index (χ2n) is 6.88. The van der Waals surface area contributed by atoms with E-state index in [1.165, 1.54) is 12.0 Å². The average molecular weight is 466 g/mol. The third-order valence-electron chi connectivity index (χ3n) is 4.95. The first kappa shape index (κ1) is 23.7. The van der Waals surface area contributed by atoms with Crippen molar-refractivity contribution in [1.82, 2.24) is 0 Å². The van der Waals surface area contributed by atoms with Crippen LogP contribution in [-0.4, -0.2) is 50.8 Å². The van der Waals surface area contributed by atoms with Gasteiger partial charge in [0.15, 0.2) is 18.1 Å².